The van der Waals surface area contributed by atoms with Crippen LogP contribution in [0.25, 0.3) is 0 Å². The highest BCUT2D eigenvalue weighted by Gasteiger charge is 2.29. The van der Waals surface area contributed by atoms with E-state index in [1.807, 2.05) is 69.3 Å². The lowest BCUT2D eigenvalue weighted by Gasteiger charge is -2.40. The quantitative estimate of drug-likeness (QED) is 0.0212. The first-order chi connectivity index (χ1) is 34.7. The van der Waals surface area contributed by atoms with E-state index < -0.39 is 9.58 Å². The third kappa shape index (κ3) is 17.0. The summed E-state index contributed by atoms with van der Waals surface area (Å²) < 4.78 is 11.1. The molecule has 4 aromatic rings. The number of hydrogen-bond acceptors (Lipinski definition) is 14. The fourth-order valence-electron chi connectivity index (χ4n) is 8.99. The molecular weight excluding hydrogens is 984 g/mol. The minimum Gasteiger partial charge on any atom is -0.489 e. The maximum atomic E-state index is 13.0. The number of anilines is 3. The Morgan fingerprint density at radius 3 is 2.21 bits per heavy atom. The predicted octanol–water partition coefficient (Wildman–Crippen LogP) is 11.3. The molecule has 0 spiro atoms. The number of aromatic nitrogens is 2. The van der Waals surface area contributed by atoms with E-state index in [4.69, 9.17) is 37.7 Å². The molecule has 0 radical (unpaired) electrons. The number of benzene rings is 3. The van der Waals surface area contributed by atoms with E-state index in [0.717, 1.165) is 99.6 Å². The van der Waals surface area contributed by atoms with Crippen LogP contribution in [0.3, 0.4) is 0 Å². The topological polar surface area (TPSA) is 161 Å². The van der Waals surface area contributed by atoms with Gasteiger partial charge in [0.2, 0.25) is 0 Å². The van der Waals surface area contributed by atoms with E-state index in [2.05, 4.69) is 83.8 Å². The molecule has 73 heavy (non-hydrogen) atoms. The number of halogens is 2. The van der Waals surface area contributed by atoms with Crippen molar-refractivity contribution in [2.75, 3.05) is 80.6 Å². The first-order valence-corrected chi connectivity index (χ1v) is 27.1. The number of aryl methyl sites for hydroxylation is 1. The van der Waals surface area contributed by atoms with Crippen molar-refractivity contribution >= 4 is 70.8 Å². The summed E-state index contributed by atoms with van der Waals surface area (Å²) in [7, 11) is 1.47. The summed E-state index contributed by atoms with van der Waals surface area (Å²) in [5.74, 6) is 3.66. The van der Waals surface area contributed by atoms with Gasteiger partial charge in [-0.1, -0.05) is 72.2 Å². The Morgan fingerprint density at radius 1 is 0.932 bits per heavy atom. The van der Waals surface area contributed by atoms with Crippen LogP contribution in [0.4, 0.5) is 17.5 Å². The molecule has 14 nitrogen and oxygen atoms in total. The second kappa shape index (κ2) is 27.5. The van der Waals surface area contributed by atoms with E-state index in [1.54, 1.807) is 6.92 Å². The van der Waals surface area contributed by atoms with Crippen molar-refractivity contribution in [3.05, 3.63) is 99.2 Å². The number of Topliss-reactive ketones (excluding diaryl/α,β-unsaturated/α-hetero) is 3. The molecule has 1 aromatic heterocycles. The van der Waals surface area contributed by atoms with Crippen LogP contribution in [0.5, 0.6) is 11.5 Å². The molecule has 0 aliphatic carbocycles. The van der Waals surface area contributed by atoms with E-state index in [1.165, 1.54) is 12.7 Å². The molecule has 3 aromatic carbocycles. The number of piperidine rings is 1. The van der Waals surface area contributed by atoms with Crippen LogP contribution in [0.15, 0.2) is 60.7 Å². The molecule has 0 saturated carbocycles. The largest absolute Gasteiger partial charge is 0.489 e. The number of alkyl halides is 1. The number of carbonyl (C=O) groups excluding carboxylic acids is 3. The summed E-state index contributed by atoms with van der Waals surface area (Å²) in [6.45, 7) is 22.9. The Bertz CT molecular complexity index is 2520. The number of quaternary nitrogens is 1. The van der Waals surface area contributed by atoms with E-state index >= 15 is 0 Å². The summed E-state index contributed by atoms with van der Waals surface area (Å²) in [6.07, 6.45) is 5.65. The third-order valence-electron chi connectivity index (χ3n) is 14.2. The van der Waals surface area contributed by atoms with Crippen molar-refractivity contribution in [3.63, 3.8) is 0 Å². The first kappa shape index (κ1) is 58.9. The Labute approximate surface area is 449 Å². The van der Waals surface area contributed by atoms with Gasteiger partial charge in [0.15, 0.2) is 11.5 Å². The number of rotatable bonds is 23. The maximum Gasteiger partial charge on any atom is 0.275 e. The summed E-state index contributed by atoms with van der Waals surface area (Å²) in [4.78, 5) is 51.3. The van der Waals surface area contributed by atoms with Gasteiger partial charge < -0.3 is 19.3 Å². The molecule has 3 heterocycles. The number of nitriles is 1. The van der Waals surface area contributed by atoms with Gasteiger partial charge in [0.05, 0.1) is 22.2 Å². The molecule has 2 aliphatic rings. The molecule has 2 fully saturated rings. The maximum absolute atomic E-state index is 13.0. The van der Waals surface area contributed by atoms with Gasteiger partial charge in [-0.2, -0.15) is 20.9 Å². The van der Waals surface area contributed by atoms with Crippen molar-refractivity contribution < 1.29 is 33.2 Å². The highest BCUT2D eigenvalue weighted by Crippen LogP contribution is 2.39. The lowest BCUT2D eigenvalue weighted by molar-refractivity contribution is -0.955. The lowest BCUT2D eigenvalue weighted by Crippen LogP contribution is -2.49. The highest BCUT2D eigenvalue weighted by molar-refractivity contribution is 7.74. The smallest absolute Gasteiger partial charge is 0.275 e. The number of ether oxygens (including phenoxy) is 2. The Morgan fingerprint density at radius 2 is 1.62 bits per heavy atom. The zero-order valence-electron chi connectivity index (χ0n) is 44.3. The van der Waals surface area contributed by atoms with Gasteiger partial charge in [-0.15, -0.1) is 11.6 Å². The van der Waals surface area contributed by atoms with E-state index in [9.17, 15) is 24.9 Å². The van der Waals surface area contributed by atoms with Crippen molar-refractivity contribution in [2.45, 2.75) is 112 Å². The summed E-state index contributed by atoms with van der Waals surface area (Å²) in [5, 5.41) is 20.6. The molecule has 2 aliphatic heterocycles. The number of piperazine rings is 1. The predicted molar refractivity (Wildman–Crippen MR) is 295 cm³/mol. The molecule has 0 bridgehead atoms. The monoisotopic (exact) mass is 1060 g/mol. The number of hydrogen-bond donors (Lipinski definition) is 3. The third-order valence-corrected chi connectivity index (χ3v) is 14.7. The normalized spacial score (nSPS) is 16.1. The summed E-state index contributed by atoms with van der Waals surface area (Å²) in [5.41, 5.74) is 8.51. The van der Waals surface area contributed by atoms with Crippen molar-refractivity contribution in [1.82, 2.24) is 14.9 Å². The SMILES string of the molecule is CCC(=O)CCC(C)C(C)=O.CCc1cc(N2CCN(CC3CCN(c4cc(COc5ccc(C(C)(C)c6cc(Cl)c(OCCCl)c(C#N)c6)cc5)nc(N[N+](C)(O)S)n4)CC3)CC2)ccc1C(=O)C(C)CC. The molecule has 3 unspecified atom stereocenters. The van der Waals surface area contributed by atoms with Crippen molar-refractivity contribution in [1.29, 1.82) is 5.26 Å². The standard InChI is InChI=1S/C47H61Cl2N8O4S.C9H16O2/c1-7-32(3)44(58)41-14-11-39(26-34(41)8-2)55-22-20-54(21-23-55)30-33-15-18-56(19-16-33)43-28-38(51-46(52-43)53-57(6,59)62)31-61-40-12-9-36(10-13-40)47(4,5)37-25-35(29-50)45(42(49)27-37)60-24-17-48;1-4-9(11)6-5-7(2)8(3)10/h9-14,25-28,32-33,59,62H,7-8,15-24,30-31H2,1-6H3,(H,51,52,53);7H,4-6H2,1-3H3/q+1;. The van der Waals surface area contributed by atoms with Gasteiger partial charge in [-0.25, -0.2) is 4.98 Å². The number of ketones is 3. The van der Waals surface area contributed by atoms with Gasteiger partial charge in [-0.05, 0) is 108 Å². The number of nitrogens with zero attached hydrogens (tertiary/aromatic N) is 7. The van der Waals surface area contributed by atoms with Crippen LogP contribution in [-0.2, 0) is 28.0 Å². The number of thiol groups is 1. The zero-order valence-corrected chi connectivity index (χ0v) is 46.8. The van der Waals surface area contributed by atoms with Crippen LogP contribution in [0.2, 0.25) is 5.02 Å². The lowest BCUT2D eigenvalue weighted by atomic mass is 9.77. The van der Waals surface area contributed by atoms with Gasteiger partial charge in [0.25, 0.3) is 5.95 Å². The minimum atomic E-state index is -0.830. The van der Waals surface area contributed by atoms with Crippen molar-refractivity contribution in [2.24, 2.45) is 17.8 Å². The van der Waals surface area contributed by atoms with Crippen LogP contribution >= 0.6 is 36.0 Å². The Balaban J connectivity index is 0.000000802. The van der Waals surface area contributed by atoms with E-state index in [0.29, 0.717) is 53.0 Å². The van der Waals surface area contributed by atoms with E-state index in [-0.39, 0.29) is 54.2 Å². The Hall–Kier alpha value is -4.95. The van der Waals surface area contributed by atoms with Gasteiger partial charge in [0.1, 0.15) is 62.3 Å². The Kier molecular flexibility index (Phi) is 22.2. The number of hydroxylamine groups is 1. The number of nitrogens with one attached hydrogen (secondary N) is 1. The van der Waals surface area contributed by atoms with Gasteiger partial charge in [0, 0.05) is 93.2 Å². The molecule has 3 atom stereocenters. The average molecular weight is 1060 g/mol. The first-order valence-electron chi connectivity index (χ1n) is 25.8. The van der Waals surface area contributed by atoms with Crippen LogP contribution in [-0.4, -0.2) is 107 Å². The molecule has 2 N–H and O–H groups in total. The fourth-order valence-corrected chi connectivity index (χ4v) is 9.43. The molecule has 0 amide bonds. The molecule has 2 saturated heterocycles. The molecule has 6 rings (SSSR count). The van der Waals surface area contributed by atoms with Crippen molar-refractivity contribution in [3.8, 4) is 17.6 Å². The number of carbonyl (C=O) groups is 3. The highest BCUT2D eigenvalue weighted by atomic mass is 35.5. The van der Waals surface area contributed by atoms with Crippen LogP contribution in [0, 0.1) is 29.1 Å². The summed E-state index contributed by atoms with van der Waals surface area (Å²) in [6, 6.07) is 22.1. The molecule has 396 valence electrons. The second-order valence-corrected chi connectivity index (χ2v) is 21.6. The second-order valence-electron chi connectivity index (χ2n) is 20.0. The zero-order chi connectivity index (χ0) is 53.5. The molecule has 17 heteroatoms. The van der Waals surface area contributed by atoms with Gasteiger partial charge in [-0.3, -0.25) is 19.3 Å². The van der Waals surface area contributed by atoms with Crippen LogP contribution < -0.4 is 24.7 Å². The van der Waals surface area contributed by atoms with Crippen LogP contribution in [0.1, 0.15) is 132 Å². The minimum absolute atomic E-state index is 0.0439. The summed E-state index contributed by atoms with van der Waals surface area (Å²) >= 11 is 16.6. The molecular formula is C56H77Cl2N8O6S+. The van der Waals surface area contributed by atoms with Gasteiger partial charge >= 0.3 is 0 Å². The average Bonchev–Trinajstić information content (AvgIpc) is 3.38. The fraction of sp³-hybridized carbons (Fsp3) is 0.536.